The Morgan fingerprint density at radius 1 is 0.333 bits per heavy atom. The van der Waals surface area contributed by atoms with Gasteiger partial charge in [-0.15, -0.1) is 0 Å². The van der Waals surface area contributed by atoms with Crippen LogP contribution in [-0.4, -0.2) is 13.1 Å². The maximum Gasteiger partial charge on any atom is -0.00773 e. The lowest BCUT2D eigenvalue weighted by Crippen LogP contribution is -1.97. The molecule has 0 unspecified atom stereocenters. The zero-order chi connectivity index (χ0) is 11.9. The van der Waals surface area contributed by atoms with Gasteiger partial charge in [-0.25, -0.2) is 0 Å². The molecule has 0 spiro atoms. The smallest absolute Gasteiger partial charge is 0.00773 e. The molecule has 4 nitrogen and oxygen atoms in total. The van der Waals surface area contributed by atoms with Crippen molar-refractivity contribution < 1.29 is 0 Å². The SMILES string of the molecule is N.N.NCCCCCCCCCCCCCCN. The maximum absolute atomic E-state index is 5.45. The highest BCUT2D eigenvalue weighted by Crippen LogP contribution is 2.11. The molecule has 0 aromatic carbocycles. The molecule has 0 aromatic heterocycles. The van der Waals surface area contributed by atoms with E-state index in [-0.39, 0.29) is 12.3 Å². The lowest BCUT2D eigenvalue weighted by Gasteiger charge is -2.02. The molecule has 4 heteroatoms. The van der Waals surface area contributed by atoms with E-state index in [0.717, 1.165) is 13.1 Å². The van der Waals surface area contributed by atoms with Crippen LogP contribution in [0.1, 0.15) is 77.0 Å². The molecule has 0 aliphatic heterocycles. The first-order valence-electron chi connectivity index (χ1n) is 7.32. The molecular weight excluding hydrogens is 224 g/mol. The molecule has 0 bridgehead atoms. The Morgan fingerprint density at radius 3 is 0.667 bits per heavy atom. The van der Waals surface area contributed by atoms with Crippen molar-refractivity contribution in [2.75, 3.05) is 13.1 Å². The van der Waals surface area contributed by atoms with Crippen molar-refractivity contribution in [1.29, 1.82) is 0 Å². The first-order chi connectivity index (χ1) is 7.91. The Balaban J connectivity index is -0.00000112. The van der Waals surface area contributed by atoms with Gasteiger partial charge in [0.2, 0.25) is 0 Å². The summed E-state index contributed by atoms with van der Waals surface area (Å²) in [5.41, 5.74) is 10.9. The van der Waals surface area contributed by atoms with Gasteiger partial charge < -0.3 is 23.8 Å². The highest BCUT2D eigenvalue weighted by atomic mass is 14.5. The van der Waals surface area contributed by atoms with Crippen LogP contribution in [-0.2, 0) is 0 Å². The average Bonchev–Trinajstić information content (AvgIpc) is 2.31. The van der Waals surface area contributed by atoms with E-state index in [2.05, 4.69) is 0 Å². The highest BCUT2D eigenvalue weighted by Gasteiger charge is 1.92. The number of hydrogen-bond acceptors (Lipinski definition) is 4. The first-order valence-corrected chi connectivity index (χ1v) is 7.32. The molecule has 0 atom stereocenters. The molecule has 0 aliphatic carbocycles. The van der Waals surface area contributed by atoms with E-state index in [4.69, 9.17) is 11.5 Å². The summed E-state index contributed by atoms with van der Waals surface area (Å²) in [4.78, 5) is 0. The summed E-state index contributed by atoms with van der Waals surface area (Å²) in [6.07, 6.45) is 16.4. The van der Waals surface area contributed by atoms with Crippen molar-refractivity contribution in [1.82, 2.24) is 12.3 Å². The van der Waals surface area contributed by atoms with Gasteiger partial charge in [0, 0.05) is 0 Å². The topological polar surface area (TPSA) is 122 Å². The quantitative estimate of drug-likeness (QED) is 0.376. The zero-order valence-electron chi connectivity index (χ0n) is 12.5. The van der Waals surface area contributed by atoms with Gasteiger partial charge in [0.05, 0.1) is 0 Å². The largest absolute Gasteiger partial charge is 0.344 e. The van der Waals surface area contributed by atoms with Gasteiger partial charge in [0.15, 0.2) is 0 Å². The van der Waals surface area contributed by atoms with Crippen molar-refractivity contribution in [2.45, 2.75) is 77.0 Å². The van der Waals surface area contributed by atoms with Crippen LogP contribution in [0.4, 0.5) is 0 Å². The molecule has 10 N–H and O–H groups in total. The lowest BCUT2D eigenvalue weighted by molar-refractivity contribution is 0.543. The number of rotatable bonds is 13. The Labute approximate surface area is 114 Å². The monoisotopic (exact) mass is 262 g/mol. The molecule has 0 saturated heterocycles. The maximum atomic E-state index is 5.45. The van der Waals surface area contributed by atoms with Crippen LogP contribution in [0.2, 0.25) is 0 Å². The molecule has 0 rings (SSSR count). The van der Waals surface area contributed by atoms with Crippen molar-refractivity contribution >= 4 is 0 Å². The van der Waals surface area contributed by atoms with Crippen molar-refractivity contribution in [3.8, 4) is 0 Å². The van der Waals surface area contributed by atoms with Crippen LogP contribution < -0.4 is 23.8 Å². The minimum absolute atomic E-state index is 0. The minimum atomic E-state index is 0. The fourth-order valence-corrected chi connectivity index (χ4v) is 2.06. The summed E-state index contributed by atoms with van der Waals surface area (Å²) in [6.45, 7) is 1.73. The summed E-state index contributed by atoms with van der Waals surface area (Å²) in [5.74, 6) is 0. The third-order valence-corrected chi connectivity index (χ3v) is 3.16. The van der Waals surface area contributed by atoms with Crippen LogP contribution in [0.25, 0.3) is 0 Å². The van der Waals surface area contributed by atoms with Crippen molar-refractivity contribution in [3.63, 3.8) is 0 Å². The molecule has 0 amide bonds. The standard InChI is InChI=1S/C14H32N2.2H3N/c15-13-11-9-7-5-3-1-2-4-6-8-10-12-14-16;;/h1-16H2;2*1H3. The Hall–Kier alpha value is -0.160. The lowest BCUT2D eigenvalue weighted by atomic mass is 10.1. The van der Waals surface area contributed by atoms with E-state index >= 15 is 0 Å². The third kappa shape index (κ3) is 21.2. The van der Waals surface area contributed by atoms with E-state index < -0.39 is 0 Å². The molecular formula is C14H38N4. The summed E-state index contributed by atoms with van der Waals surface area (Å²) in [5, 5.41) is 0. The Kier molecular flexibility index (Phi) is 28.2. The minimum Gasteiger partial charge on any atom is -0.344 e. The molecule has 0 radical (unpaired) electrons. The van der Waals surface area contributed by atoms with Gasteiger partial charge in [-0.2, -0.15) is 0 Å². The van der Waals surface area contributed by atoms with Gasteiger partial charge in [0.25, 0.3) is 0 Å². The molecule has 0 heterocycles. The molecule has 0 aromatic rings. The summed E-state index contributed by atoms with van der Waals surface area (Å²) >= 11 is 0. The normalized spacial score (nSPS) is 9.67. The van der Waals surface area contributed by atoms with Gasteiger partial charge in [-0.1, -0.05) is 64.2 Å². The summed E-state index contributed by atoms with van der Waals surface area (Å²) in [6, 6.07) is 0. The van der Waals surface area contributed by atoms with Crippen molar-refractivity contribution in [3.05, 3.63) is 0 Å². The van der Waals surface area contributed by atoms with E-state index in [1.165, 1.54) is 77.0 Å². The van der Waals surface area contributed by atoms with Gasteiger partial charge in [0.1, 0.15) is 0 Å². The van der Waals surface area contributed by atoms with Gasteiger partial charge in [-0.3, -0.25) is 0 Å². The zero-order valence-corrected chi connectivity index (χ0v) is 12.5. The van der Waals surface area contributed by atoms with Crippen LogP contribution in [0.5, 0.6) is 0 Å². The fourth-order valence-electron chi connectivity index (χ4n) is 2.06. The van der Waals surface area contributed by atoms with E-state index in [1.54, 1.807) is 0 Å². The number of hydrogen-bond donors (Lipinski definition) is 4. The first kappa shape index (κ1) is 23.0. The summed E-state index contributed by atoms with van der Waals surface area (Å²) in [7, 11) is 0. The highest BCUT2D eigenvalue weighted by molar-refractivity contribution is 4.49. The van der Waals surface area contributed by atoms with E-state index in [0.29, 0.717) is 0 Å². The fraction of sp³-hybridized carbons (Fsp3) is 1.00. The predicted octanol–water partition coefficient (Wildman–Crippen LogP) is 3.91. The van der Waals surface area contributed by atoms with Gasteiger partial charge in [-0.05, 0) is 25.9 Å². The van der Waals surface area contributed by atoms with Crippen molar-refractivity contribution in [2.24, 2.45) is 11.5 Å². The van der Waals surface area contributed by atoms with E-state index in [1.807, 2.05) is 0 Å². The Bertz CT molecular complexity index is 106. The molecule has 114 valence electrons. The molecule has 0 aliphatic rings. The third-order valence-electron chi connectivity index (χ3n) is 3.16. The summed E-state index contributed by atoms with van der Waals surface area (Å²) < 4.78 is 0. The second kappa shape index (κ2) is 22.1. The van der Waals surface area contributed by atoms with E-state index in [9.17, 15) is 0 Å². The molecule has 0 saturated carbocycles. The second-order valence-corrected chi connectivity index (χ2v) is 4.82. The molecule has 18 heavy (non-hydrogen) atoms. The van der Waals surface area contributed by atoms with Crippen LogP contribution in [0.15, 0.2) is 0 Å². The predicted molar refractivity (Wildman–Crippen MR) is 83.6 cm³/mol. The molecule has 0 fully saturated rings. The van der Waals surface area contributed by atoms with Crippen LogP contribution >= 0.6 is 0 Å². The van der Waals surface area contributed by atoms with Crippen LogP contribution in [0.3, 0.4) is 0 Å². The van der Waals surface area contributed by atoms with Crippen LogP contribution in [0, 0.1) is 0 Å². The second-order valence-electron chi connectivity index (χ2n) is 4.82. The number of unbranched alkanes of at least 4 members (excludes halogenated alkanes) is 11. The Morgan fingerprint density at radius 2 is 0.500 bits per heavy atom. The number of nitrogens with two attached hydrogens (primary N) is 2. The average molecular weight is 262 g/mol. The van der Waals surface area contributed by atoms with Gasteiger partial charge >= 0.3 is 0 Å².